The molecule has 0 radical (unpaired) electrons. The van der Waals surface area contributed by atoms with Crippen molar-refractivity contribution in [1.29, 1.82) is 0 Å². The second kappa shape index (κ2) is 16.9. The fourth-order valence-electron chi connectivity index (χ4n) is 11.4. The highest BCUT2D eigenvalue weighted by atomic mass is 16.6. The standard InChI is InChI=1S/C45H76N2O6/c1-30(2)12-11-13-31(3)36-16-17-37-35-15-14-33-29-34(18-20-44(33,9)38(35)19-21-45(36,37)10)53-41(50)46-24-27-52-43(7,8)23-26-51-42(5,6)22-25-47-39(48)28-32(4)40(47)49/h14,28,30-31,34-38,48-49H,11-13,15-27,29H2,1-10H3,(H,46,50). The van der Waals surface area contributed by atoms with Crippen molar-refractivity contribution in [3.05, 3.63) is 23.3 Å². The van der Waals surface area contributed by atoms with Gasteiger partial charge in [-0.1, -0.05) is 65.5 Å². The summed E-state index contributed by atoms with van der Waals surface area (Å²) in [5, 5.41) is 23.2. The molecule has 4 aliphatic rings. The molecule has 0 saturated heterocycles. The van der Waals surface area contributed by atoms with Crippen LogP contribution in [0.2, 0.25) is 0 Å². The number of hydrogen-bond acceptors (Lipinski definition) is 6. The van der Waals surface area contributed by atoms with E-state index < -0.39 is 11.2 Å². The Kier molecular flexibility index (Phi) is 13.4. The largest absolute Gasteiger partial charge is 0.494 e. The molecule has 4 aliphatic carbocycles. The fraction of sp³-hybridized carbons (Fsp3) is 0.844. The predicted molar refractivity (Wildman–Crippen MR) is 213 cm³/mol. The van der Waals surface area contributed by atoms with Gasteiger partial charge in [-0.2, -0.15) is 0 Å². The van der Waals surface area contributed by atoms with Crippen molar-refractivity contribution >= 4 is 6.09 Å². The number of nitrogens with zero attached hydrogens (tertiary/aromatic N) is 1. The van der Waals surface area contributed by atoms with E-state index in [1.165, 1.54) is 55.9 Å². The number of allylic oxidation sites excluding steroid dienone is 1. The van der Waals surface area contributed by atoms with Gasteiger partial charge in [-0.3, -0.25) is 4.57 Å². The molecule has 3 N–H and O–H groups in total. The molecule has 1 aromatic rings. The van der Waals surface area contributed by atoms with Crippen molar-refractivity contribution in [2.45, 2.75) is 177 Å². The number of fused-ring (bicyclic) bond motifs is 5. The number of aromatic hydroxyl groups is 2. The van der Waals surface area contributed by atoms with Gasteiger partial charge in [-0.05, 0) is 139 Å². The van der Waals surface area contributed by atoms with Gasteiger partial charge in [0.15, 0.2) is 11.8 Å². The van der Waals surface area contributed by atoms with Gasteiger partial charge in [0.25, 0.3) is 0 Å². The zero-order valence-electron chi connectivity index (χ0n) is 35.2. The van der Waals surface area contributed by atoms with Gasteiger partial charge in [-0.15, -0.1) is 0 Å². The first-order valence-corrected chi connectivity index (χ1v) is 21.3. The summed E-state index contributed by atoms with van der Waals surface area (Å²) in [5.74, 6) is 5.12. The summed E-state index contributed by atoms with van der Waals surface area (Å²) >= 11 is 0. The molecule has 0 bridgehead atoms. The normalized spacial score (nSPS) is 30.7. The molecule has 1 amide bonds. The second-order valence-corrected chi connectivity index (χ2v) is 19.9. The van der Waals surface area contributed by atoms with E-state index in [2.05, 4.69) is 46.0 Å². The van der Waals surface area contributed by atoms with Gasteiger partial charge in [0.05, 0.1) is 24.4 Å². The van der Waals surface area contributed by atoms with Gasteiger partial charge < -0.3 is 29.7 Å². The molecule has 53 heavy (non-hydrogen) atoms. The summed E-state index contributed by atoms with van der Waals surface area (Å²) in [5.41, 5.74) is 2.09. The topological polar surface area (TPSA) is 102 Å². The van der Waals surface area contributed by atoms with E-state index in [0.717, 1.165) is 54.8 Å². The Balaban J connectivity index is 1.01. The molecule has 8 nitrogen and oxygen atoms in total. The molecule has 8 atom stereocenters. The lowest BCUT2D eigenvalue weighted by Gasteiger charge is -2.58. The molecule has 3 fully saturated rings. The molecule has 3 saturated carbocycles. The molecule has 1 aromatic heterocycles. The number of ether oxygens (including phenoxy) is 3. The first-order chi connectivity index (χ1) is 24.8. The molecule has 5 rings (SSSR count). The number of alkyl carbamates (subject to hydrolysis) is 1. The lowest BCUT2D eigenvalue weighted by molar-refractivity contribution is -0.0748. The van der Waals surface area contributed by atoms with Crippen LogP contribution in [0.4, 0.5) is 4.79 Å². The van der Waals surface area contributed by atoms with Gasteiger partial charge in [0, 0.05) is 31.1 Å². The Morgan fingerprint density at radius 2 is 1.68 bits per heavy atom. The quantitative estimate of drug-likeness (QED) is 0.109. The van der Waals surface area contributed by atoms with Crippen molar-refractivity contribution in [3.8, 4) is 11.8 Å². The maximum Gasteiger partial charge on any atom is 0.407 e. The Morgan fingerprint density at radius 1 is 0.962 bits per heavy atom. The van der Waals surface area contributed by atoms with Gasteiger partial charge >= 0.3 is 6.09 Å². The highest BCUT2D eigenvalue weighted by molar-refractivity contribution is 5.67. The number of carbonyl (C=O) groups excluding carboxylic acids is 1. The lowest BCUT2D eigenvalue weighted by atomic mass is 9.47. The van der Waals surface area contributed by atoms with Crippen LogP contribution in [0.1, 0.15) is 151 Å². The smallest absolute Gasteiger partial charge is 0.407 e. The average molecular weight is 741 g/mol. The molecular formula is C45H76N2O6. The predicted octanol–water partition coefficient (Wildman–Crippen LogP) is 10.7. The number of nitrogens with one attached hydrogen (secondary N) is 1. The van der Waals surface area contributed by atoms with E-state index in [4.69, 9.17) is 14.2 Å². The minimum absolute atomic E-state index is 0.0605. The molecule has 0 aromatic carbocycles. The van der Waals surface area contributed by atoms with Crippen molar-refractivity contribution < 1.29 is 29.2 Å². The highest BCUT2D eigenvalue weighted by Crippen LogP contribution is 2.67. The highest BCUT2D eigenvalue weighted by Gasteiger charge is 2.59. The number of carbonyl (C=O) groups is 1. The third kappa shape index (κ3) is 9.80. The number of hydrogen-bond donors (Lipinski definition) is 3. The van der Waals surface area contributed by atoms with Crippen molar-refractivity contribution in [2.24, 2.45) is 46.3 Å². The summed E-state index contributed by atoms with van der Waals surface area (Å²) in [6.45, 7) is 24.1. The van der Waals surface area contributed by atoms with Gasteiger partial charge in [0.1, 0.15) is 6.10 Å². The number of amides is 1. The van der Waals surface area contributed by atoms with E-state index in [1.54, 1.807) is 18.6 Å². The zero-order valence-corrected chi connectivity index (χ0v) is 35.2. The van der Waals surface area contributed by atoms with Crippen LogP contribution in [0.25, 0.3) is 0 Å². The Hall–Kier alpha value is -2.19. The molecule has 0 spiro atoms. The third-order valence-corrected chi connectivity index (χ3v) is 14.8. The molecular weight excluding hydrogens is 665 g/mol. The van der Waals surface area contributed by atoms with Gasteiger partial charge in [-0.25, -0.2) is 4.79 Å². The minimum atomic E-state index is -0.437. The minimum Gasteiger partial charge on any atom is -0.494 e. The SMILES string of the molecule is Cc1cc(O)n(CCC(C)(C)OCCC(C)(C)OCCNC(=O)OC2CCC3(C)C(=CCC4C3CCC3(C)C(C(C)CCCC(C)C)CCC43)C2)c1O. The van der Waals surface area contributed by atoms with E-state index in [1.807, 2.05) is 27.7 Å². The Morgan fingerprint density at radius 3 is 2.38 bits per heavy atom. The van der Waals surface area contributed by atoms with Crippen molar-refractivity contribution in [3.63, 3.8) is 0 Å². The van der Waals surface area contributed by atoms with Crippen LogP contribution in [0, 0.1) is 53.3 Å². The summed E-state index contributed by atoms with van der Waals surface area (Å²) in [6.07, 6.45) is 17.4. The van der Waals surface area contributed by atoms with Crippen LogP contribution in [0.15, 0.2) is 17.7 Å². The lowest BCUT2D eigenvalue weighted by Crippen LogP contribution is -2.51. The third-order valence-electron chi connectivity index (χ3n) is 14.8. The summed E-state index contributed by atoms with van der Waals surface area (Å²) < 4.78 is 19.8. The zero-order chi connectivity index (χ0) is 38.8. The average Bonchev–Trinajstić information content (AvgIpc) is 3.55. The van der Waals surface area contributed by atoms with Crippen LogP contribution >= 0.6 is 0 Å². The Labute approximate surface area is 322 Å². The molecule has 0 aliphatic heterocycles. The summed E-state index contributed by atoms with van der Waals surface area (Å²) in [6, 6.07) is 1.56. The number of rotatable bonds is 17. The van der Waals surface area contributed by atoms with E-state index in [-0.39, 0.29) is 29.4 Å². The maximum atomic E-state index is 12.9. The molecule has 8 heteroatoms. The number of aromatic nitrogens is 1. The van der Waals surface area contributed by atoms with E-state index in [9.17, 15) is 15.0 Å². The van der Waals surface area contributed by atoms with Crippen LogP contribution in [0.5, 0.6) is 11.8 Å². The molecule has 1 heterocycles. The Bertz CT molecular complexity index is 1410. The number of aryl methyl sites for hydroxylation is 1. The van der Waals surface area contributed by atoms with Crippen LogP contribution < -0.4 is 5.32 Å². The van der Waals surface area contributed by atoms with Crippen molar-refractivity contribution in [1.82, 2.24) is 9.88 Å². The van der Waals surface area contributed by atoms with Crippen molar-refractivity contribution in [2.75, 3.05) is 19.8 Å². The maximum absolute atomic E-state index is 12.9. The van der Waals surface area contributed by atoms with E-state index >= 15 is 0 Å². The van der Waals surface area contributed by atoms with Crippen LogP contribution in [-0.4, -0.2) is 57.9 Å². The first kappa shape index (κ1) is 42.0. The van der Waals surface area contributed by atoms with Crippen LogP contribution in [-0.2, 0) is 20.8 Å². The monoisotopic (exact) mass is 741 g/mol. The van der Waals surface area contributed by atoms with Crippen LogP contribution in [0.3, 0.4) is 0 Å². The first-order valence-electron chi connectivity index (χ1n) is 21.3. The summed E-state index contributed by atoms with van der Waals surface area (Å²) in [7, 11) is 0. The van der Waals surface area contributed by atoms with Gasteiger partial charge in [0.2, 0.25) is 0 Å². The summed E-state index contributed by atoms with van der Waals surface area (Å²) in [4.78, 5) is 12.9. The molecule has 8 unspecified atom stereocenters. The fourth-order valence-corrected chi connectivity index (χ4v) is 11.4. The van der Waals surface area contributed by atoms with E-state index in [0.29, 0.717) is 50.1 Å². The molecule has 302 valence electrons. The second-order valence-electron chi connectivity index (χ2n) is 19.9.